The van der Waals surface area contributed by atoms with Crippen molar-refractivity contribution in [1.82, 2.24) is 0 Å². The Balaban J connectivity index is 2.33. The predicted molar refractivity (Wildman–Crippen MR) is 77.5 cm³/mol. The number of aryl methyl sites for hydroxylation is 1. The van der Waals surface area contributed by atoms with Crippen molar-refractivity contribution in [2.75, 3.05) is 13.7 Å². The van der Waals surface area contributed by atoms with Crippen LogP contribution in [-0.2, 0) is 4.79 Å². The third-order valence-electron chi connectivity index (χ3n) is 2.62. The summed E-state index contributed by atoms with van der Waals surface area (Å²) in [6.45, 7) is 2.52. The number of benzene rings is 1. The smallest absolute Gasteiger partial charge is 0.304 e. The average molecular weight is 284 g/mol. The van der Waals surface area contributed by atoms with Gasteiger partial charge in [-0.2, -0.15) is 12.6 Å². The lowest BCUT2D eigenvalue weighted by Gasteiger charge is -2.11. The van der Waals surface area contributed by atoms with Crippen molar-refractivity contribution >= 4 is 18.6 Å². The molecule has 19 heavy (non-hydrogen) atoms. The van der Waals surface area contributed by atoms with E-state index >= 15 is 0 Å². The summed E-state index contributed by atoms with van der Waals surface area (Å²) in [4.78, 5) is 10.5. The normalized spacial score (nSPS) is 11.9. The van der Waals surface area contributed by atoms with Gasteiger partial charge in [-0.05, 0) is 37.5 Å². The minimum Gasteiger partial charge on any atom is -0.497 e. The first-order valence-corrected chi connectivity index (χ1v) is 6.71. The predicted octanol–water partition coefficient (Wildman–Crippen LogP) is 2.94. The molecule has 1 aromatic rings. The highest BCUT2D eigenvalue weighted by molar-refractivity contribution is 7.81. The van der Waals surface area contributed by atoms with Crippen LogP contribution in [0, 0.1) is 6.92 Å². The van der Waals surface area contributed by atoms with Crippen LogP contribution in [0.1, 0.15) is 24.8 Å². The topological polar surface area (TPSA) is 55.8 Å². The summed E-state index contributed by atoms with van der Waals surface area (Å²) in [5, 5.41) is 8.50. The van der Waals surface area contributed by atoms with E-state index in [-0.39, 0.29) is 11.7 Å². The maximum absolute atomic E-state index is 10.5. The minimum atomic E-state index is -0.815. The van der Waals surface area contributed by atoms with Gasteiger partial charge >= 0.3 is 5.97 Å². The molecule has 1 unspecified atom stereocenters. The summed E-state index contributed by atoms with van der Waals surface area (Å²) in [7, 11) is 1.62. The molecule has 0 spiro atoms. The van der Waals surface area contributed by atoms with Crippen LogP contribution in [-0.4, -0.2) is 30.0 Å². The Kier molecular flexibility index (Phi) is 6.56. The SMILES string of the molecule is COc1cc(C)cc(OCCCC(S)CC(=O)O)c1. The third-order valence-corrected chi connectivity index (χ3v) is 3.06. The fourth-order valence-electron chi connectivity index (χ4n) is 1.73. The van der Waals surface area contributed by atoms with E-state index in [2.05, 4.69) is 12.6 Å². The largest absolute Gasteiger partial charge is 0.497 e. The van der Waals surface area contributed by atoms with E-state index in [1.807, 2.05) is 25.1 Å². The second kappa shape index (κ2) is 7.94. The summed E-state index contributed by atoms with van der Waals surface area (Å²) >= 11 is 4.22. The van der Waals surface area contributed by atoms with Crippen LogP contribution in [0.15, 0.2) is 18.2 Å². The van der Waals surface area contributed by atoms with Crippen LogP contribution in [0.5, 0.6) is 11.5 Å². The van der Waals surface area contributed by atoms with Gasteiger partial charge in [-0.1, -0.05) is 0 Å². The molecule has 1 N–H and O–H groups in total. The number of hydrogen-bond donors (Lipinski definition) is 2. The van der Waals surface area contributed by atoms with Crippen molar-refractivity contribution in [3.8, 4) is 11.5 Å². The van der Waals surface area contributed by atoms with Crippen LogP contribution in [0.25, 0.3) is 0 Å². The van der Waals surface area contributed by atoms with Gasteiger partial charge in [0.05, 0.1) is 20.1 Å². The highest BCUT2D eigenvalue weighted by atomic mass is 32.1. The highest BCUT2D eigenvalue weighted by Crippen LogP contribution is 2.22. The van der Waals surface area contributed by atoms with Crippen LogP contribution in [0.2, 0.25) is 0 Å². The molecule has 5 heteroatoms. The van der Waals surface area contributed by atoms with Crippen LogP contribution < -0.4 is 9.47 Å². The molecule has 0 radical (unpaired) electrons. The Morgan fingerprint density at radius 3 is 2.68 bits per heavy atom. The Morgan fingerprint density at radius 2 is 2.05 bits per heavy atom. The minimum absolute atomic E-state index is 0.0847. The summed E-state index contributed by atoms with van der Waals surface area (Å²) in [6, 6.07) is 5.71. The van der Waals surface area contributed by atoms with Crippen molar-refractivity contribution in [3.63, 3.8) is 0 Å². The molecule has 106 valence electrons. The number of hydrogen-bond acceptors (Lipinski definition) is 4. The molecule has 0 aliphatic rings. The molecule has 0 saturated heterocycles. The lowest BCUT2D eigenvalue weighted by Crippen LogP contribution is -2.09. The van der Waals surface area contributed by atoms with Gasteiger partial charge in [-0.25, -0.2) is 0 Å². The second-order valence-electron chi connectivity index (χ2n) is 4.43. The van der Waals surface area contributed by atoms with E-state index in [0.717, 1.165) is 29.9 Å². The summed E-state index contributed by atoms with van der Waals surface area (Å²) in [5.74, 6) is 0.725. The first-order valence-electron chi connectivity index (χ1n) is 6.19. The number of carboxylic acids is 1. The number of carboxylic acid groups (broad SMARTS) is 1. The maximum atomic E-state index is 10.5. The fourth-order valence-corrected chi connectivity index (χ4v) is 2.07. The molecule has 1 aromatic carbocycles. The van der Waals surface area contributed by atoms with Gasteiger partial charge in [0.15, 0.2) is 0 Å². The molecule has 0 aliphatic carbocycles. The number of carbonyl (C=O) groups is 1. The number of rotatable bonds is 8. The van der Waals surface area contributed by atoms with Crippen LogP contribution >= 0.6 is 12.6 Å². The van der Waals surface area contributed by atoms with Crippen LogP contribution in [0.4, 0.5) is 0 Å². The van der Waals surface area contributed by atoms with Gasteiger partial charge in [0.2, 0.25) is 0 Å². The Hall–Kier alpha value is -1.36. The second-order valence-corrected chi connectivity index (χ2v) is 5.16. The Bertz CT molecular complexity index is 420. The molecule has 1 rings (SSSR count). The molecule has 0 aliphatic heterocycles. The lowest BCUT2D eigenvalue weighted by atomic mass is 10.2. The molecule has 0 aromatic heterocycles. The highest BCUT2D eigenvalue weighted by Gasteiger charge is 2.08. The molecule has 4 nitrogen and oxygen atoms in total. The van der Waals surface area contributed by atoms with Gasteiger partial charge in [0, 0.05) is 11.3 Å². The lowest BCUT2D eigenvalue weighted by molar-refractivity contribution is -0.137. The zero-order chi connectivity index (χ0) is 14.3. The van der Waals surface area contributed by atoms with Crippen molar-refractivity contribution < 1.29 is 19.4 Å². The van der Waals surface area contributed by atoms with Gasteiger partial charge in [-0.3, -0.25) is 4.79 Å². The average Bonchev–Trinajstić information content (AvgIpc) is 2.33. The monoisotopic (exact) mass is 284 g/mol. The Labute approximate surface area is 119 Å². The summed E-state index contributed by atoms with van der Waals surface area (Å²) in [6.07, 6.45) is 1.58. The number of methoxy groups -OCH3 is 1. The van der Waals surface area contributed by atoms with E-state index in [1.165, 1.54) is 0 Å². The van der Waals surface area contributed by atoms with Gasteiger partial charge in [0.1, 0.15) is 11.5 Å². The van der Waals surface area contributed by atoms with Crippen molar-refractivity contribution in [2.24, 2.45) is 0 Å². The number of aliphatic carboxylic acids is 1. The maximum Gasteiger partial charge on any atom is 0.304 e. The summed E-state index contributed by atoms with van der Waals surface area (Å²) in [5.41, 5.74) is 1.08. The molecule has 0 fully saturated rings. The van der Waals surface area contributed by atoms with E-state index in [9.17, 15) is 4.79 Å². The molecule has 0 amide bonds. The van der Waals surface area contributed by atoms with E-state index in [0.29, 0.717) is 6.61 Å². The first-order chi connectivity index (χ1) is 9.01. The van der Waals surface area contributed by atoms with Gasteiger partial charge in [0.25, 0.3) is 0 Å². The van der Waals surface area contributed by atoms with Crippen molar-refractivity contribution in [2.45, 2.75) is 31.4 Å². The Morgan fingerprint density at radius 1 is 1.37 bits per heavy atom. The first kappa shape index (κ1) is 15.7. The van der Waals surface area contributed by atoms with Gasteiger partial charge < -0.3 is 14.6 Å². The molecule has 0 bridgehead atoms. The van der Waals surface area contributed by atoms with Gasteiger partial charge in [-0.15, -0.1) is 0 Å². The standard InChI is InChI=1S/C14H20O4S/c1-10-6-11(17-2)8-12(7-10)18-5-3-4-13(19)9-14(15)16/h6-8,13,19H,3-5,9H2,1-2H3,(H,15,16). The van der Waals surface area contributed by atoms with Crippen LogP contribution in [0.3, 0.4) is 0 Å². The van der Waals surface area contributed by atoms with E-state index in [4.69, 9.17) is 14.6 Å². The third kappa shape index (κ3) is 6.38. The summed E-state index contributed by atoms with van der Waals surface area (Å²) < 4.78 is 10.8. The van der Waals surface area contributed by atoms with Crippen molar-refractivity contribution in [3.05, 3.63) is 23.8 Å². The zero-order valence-corrected chi connectivity index (χ0v) is 12.2. The van der Waals surface area contributed by atoms with E-state index in [1.54, 1.807) is 7.11 Å². The van der Waals surface area contributed by atoms with Crippen molar-refractivity contribution in [1.29, 1.82) is 0 Å². The molecular formula is C14H20O4S. The number of ether oxygens (including phenoxy) is 2. The molecule has 0 heterocycles. The quantitative estimate of drug-likeness (QED) is 0.569. The van der Waals surface area contributed by atoms with E-state index < -0.39 is 5.97 Å². The molecular weight excluding hydrogens is 264 g/mol. The molecule has 1 atom stereocenters. The number of thiol groups is 1. The molecule has 0 saturated carbocycles. The zero-order valence-electron chi connectivity index (χ0n) is 11.3. The fraction of sp³-hybridized carbons (Fsp3) is 0.500.